The number of aromatic amines is 1. The van der Waals surface area contributed by atoms with Crippen molar-refractivity contribution >= 4 is 0 Å². The van der Waals surface area contributed by atoms with Gasteiger partial charge in [0, 0.05) is 17.5 Å². The van der Waals surface area contributed by atoms with Crippen LogP contribution in [0, 0.1) is 17.8 Å². The highest BCUT2D eigenvalue weighted by Crippen LogP contribution is 2.52. The zero-order valence-electron chi connectivity index (χ0n) is 11.6. The van der Waals surface area contributed by atoms with E-state index in [1.807, 2.05) is 0 Å². The Bertz CT molecular complexity index is 462. The second kappa shape index (κ2) is 3.85. The van der Waals surface area contributed by atoms with E-state index < -0.39 is 0 Å². The predicted molar refractivity (Wildman–Crippen MR) is 72.7 cm³/mol. The first-order chi connectivity index (χ1) is 8.70. The summed E-state index contributed by atoms with van der Waals surface area (Å²) in [6.45, 7) is 4.72. The topological polar surface area (TPSA) is 28.7 Å². The molecule has 5 unspecified atom stereocenters. The summed E-state index contributed by atoms with van der Waals surface area (Å²) in [6.07, 6.45) is 8.34. The summed E-state index contributed by atoms with van der Waals surface area (Å²) in [6, 6.07) is 0. The van der Waals surface area contributed by atoms with Crippen molar-refractivity contribution in [3.63, 3.8) is 0 Å². The Kier molecular flexibility index (Phi) is 2.37. The van der Waals surface area contributed by atoms with E-state index in [0.29, 0.717) is 5.92 Å². The largest absolute Gasteiger partial charge is 0.345 e. The van der Waals surface area contributed by atoms with Gasteiger partial charge in [0.15, 0.2) is 0 Å². The Morgan fingerprint density at radius 1 is 1.11 bits per heavy atom. The molecule has 3 aliphatic rings. The minimum absolute atomic E-state index is 0.660. The third-order valence-corrected chi connectivity index (χ3v) is 5.69. The van der Waals surface area contributed by atoms with E-state index in [2.05, 4.69) is 18.8 Å². The minimum atomic E-state index is 0.660. The maximum absolute atomic E-state index is 5.01. The Hall–Kier alpha value is -0.790. The van der Waals surface area contributed by atoms with Gasteiger partial charge in [0.25, 0.3) is 0 Å². The van der Waals surface area contributed by atoms with E-state index in [1.165, 1.54) is 55.7 Å². The Labute approximate surface area is 110 Å². The molecule has 18 heavy (non-hydrogen) atoms. The Balaban J connectivity index is 1.65. The summed E-state index contributed by atoms with van der Waals surface area (Å²) < 4.78 is 0. The highest BCUT2D eigenvalue weighted by atomic mass is 15.0. The van der Waals surface area contributed by atoms with Gasteiger partial charge in [-0.05, 0) is 49.9 Å². The molecule has 1 aromatic heterocycles. The van der Waals surface area contributed by atoms with Crippen LogP contribution in [0.15, 0.2) is 0 Å². The number of nitrogens with zero attached hydrogens (tertiary/aromatic N) is 1. The van der Waals surface area contributed by atoms with E-state index in [-0.39, 0.29) is 0 Å². The monoisotopic (exact) mass is 244 g/mol. The molecule has 2 nitrogen and oxygen atoms in total. The van der Waals surface area contributed by atoms with Crippen molar-refractivity contribution in [1.29, 1.82) is 0 Å². The summed E-state index contributed by atoms with van der Waals surface area (Å²) in [7, 11) is 0. The molecule has 0 radical (unpaired) electrons. The van der Waals surface area contributed by atoms with Crippen LogP contribution < -0.4 is 0 Å². The number of aromatic nitrogens is 2. The average Bonchev–Trinajstić information content (AvgIpc) is 3.01. The zero-order valence-corrected chi connectivity index (χ0v) is 11.6. The van der Waals surface area contributed by atoms with Crippen LogP contribution in [0.1, 0.15) is 75.0 Å². The molecule has 1 N–H and O–H groups in total. The molecule has 2 fully saturated rings. The molecule has 2 bridgehead atoms. The fraction of sp³-hybridized carbons (Fsp3) is 0.812. The first kappa shape index (κ1) is 11.1. The maximum Gasteiger partial charge on any atom is 0.109 e. The van der Waals surface area contributed by atoms with Crippen LogP contribution in [-0.4, -0.2) is 9.97 Å². The number of hydrogen-bond acceptors (Lipinski definition) is 1. The molecule has 2 heteroatoms. The van der Waals surface area contributed by atoms with Crippen molar-refractivity contribution in [2.24, 2.45) is 17.8 Å². The average molecular weight is 244 g/mol. The standard InChI is InChI=1S/C16H24N2/c1-9-5-10(2)15-14(6-9)17-16(18-15)13-8-11-3-4-12(13)7-11/h9-13H,3-8H2,1-2H3,(H,17,18). The third kappa shape index (κ3) is 1.57. The first-order valence-electron chi connectivity index (χ1n) is 7.79. The number of hydrogen-bond donors (Lipinski definition) is 1. The van der Waals surface area contributed by atoms with Crippen molar-refractivity contribution in [2.45, 2.75) is 64.2 Å². The van der Waals surface area contributed by atoms with E-state index in [9.17, 15) is 0 Å². The Morgan fingerprint density at radius 2 is 2.00 bits per heavy atom. The van der Waals surface area contributed by atoms with Crippen molar-refractivity contribution < 1.29 is 0 Å². The lowest BCUT2D eigenvalue weighted by Gasteiger charge is -2.22. The van der Waals surface area contributed by atoms with Crippen molar-refractivity contribution in [1.82, 2.24) is 9.97 Å². The zero-order chi connectivity index (χ0) is 12.3. The molecular weight excluding hydrogens is 220 g/mol. The Morgan fingerprint density at radius 3 is 2.72 bits per heavy atom. The number of rotatable bonds is 1. The van der Waals surface area contributed by atoms with Crippen molar-refractivity contribution in [3.8, 4) is 0 Å². The third-order valence-electron chi connectivity index (χ3n) is 5.69. The lowest BCUT2D eigenvalue weighted by molar-refractivity contribution is 0.407. The normalized spacial score (nSPS) is 42.2. The van der Waals surface area contributed by atoms with Gasteiger partial charge in [-0.1, -0.05) is 20.3 Å². The first-order valence-corrected chi connectivity index (χ1v) is 7.79. The van der Waals surface area contributed by atoms with Gasteiger partial charge in [-0.25, -0.2) is 4.98 Å². The summed E-state index contributed by atoms with van der Waals surface area (Å²) in [5, 5.41) is 0. The van der Waals surface area contributed by atoms with Crippen molar-refractivity contribution in [3.05, 3.63) is 17.2 Å². The molecule has 0 saturated heterocycles. The number of imidazole rings is 1. The van der Waals surface area contributed by atoms with Crippen LogP contribution in [0.5, 0.6) is 0 Å². The van der Waals surface area contributed by atoms with Crippen LogP contribution in [0.2, 0.25) is 0 Å². The molecular formula is C16H24N2. The predicted octanol–water partition coefficient (Wildman–Crippen LogP) is 4.00. The van der Waals surface area contributed by atoms with Gasteiger partial charge in [-0.3, -0.25) is 0 Å². The van der Waals surface area contributed by atoms with Gasteiger partial charge in [0.05, 0.1) is 5.69 Å². The summed E-state index contributed by atoms with van der Waals surface area (Å²) >= 11 is 0. The van der Waals surface area contributed by atoms with Gasteiger partial charge in [-0.15, -0.1) is 0 Å². The number of fused-ring (bicyclic) bond motifs is 3. The van der Waals surface area contributed by atoms with Gasteiger partial charge in [-0.2, -0.15) is 0 Å². The van der Waals surface area contributed by atoms with Crippen LogP contribution in [0.25, 0.3) is 0 Å². The molecule has 5 atom stereocenters. The van der Waals surface area contributed by atoms with Crippen LogP contribution in [0.3, 0.4) is 0 Å². The van der Waals surface area contributed by atoms with Gasteiger partial charge < -0.3 is 4.98 Å². The van der Waals surface area contributed by atoms with Crippen molar-refractivity contribution in [2.75, 3.05) is 0 Å². The summed E-state index contributed by atoms with van der Waals surface area (Å²) in [5.41, 5.74) is 2.85. The SMILES string of the molecule is CC1Cc2[nH]c(C3CC4CCC3C4)nc2C(C)C1. The number of nitrogens with one attached hydrogen (secondary N) is 1. The smallest absolute Gasteiger partial charge is 0.109 e. The molecule has 0 spiro atoms. The van der Waals surface area contributed by atoms with Crippen LogP contribution in [0.4, 0.5) is 0 Å². The molecule has 4 rings (SSSR count). The second-order valence-corrected chi connectivity index (χ2v) is 7.21. The fourth-order valence-electron chi connectivity index (χ4n) is 4.91. The van der Waals surface area contributed by atoms with Gasteiger partial charge >= 0.3 is 0 Å². The minimum Gasteiger partial charge on any atom is -0.345 e. The molecule has 0 amide bonds. The molecule has 98 valence electrons. The lowest BCUT2D eigenvalue weighted by atomic mass is 9.84. The van der Waals surface area contributed by atoms with Gasteiger partial charge in [0.2, 0.25) is 0 Å². The molecule has 1 aromatic rings. The second-order valence-electron chi connectivity index (χ2n) is 7.21. The molecule has 0 aliphatic heterocycles. The summed E-state index contributed by atoms with van der Waals surface area (Å²) in [5.74, 6) is 5.53. The summed E-state index contributed by atoms with van der Waals surface area (Å²) in [4.78, 5) is 8.72. The molecule has 0 aromatic carbocycles. The molecule has 3 aliphatic carbocycles. The lowest BCUT2D eigenvalue weighted by Crippen LogP contribution is -2.14. The number of H-pyrrole nitrogens is 1. The molecule has 2 saturated carbocycles. The van der Waals surface area contributed by atoms with E-state index in [1.54, 1.807) is 0 Å². The maximum atomic E-state index is 5.01. The molecule has 1 heterocycles. The van der Waals surface area contributed by atoms with E-state index in [4.69, 9.17) is 4.98 Å². The highest BCUT2D eigenvalue weighted by Gasteiger charge is 2.42. The quantitative estimate of drug-likeness (QED) is 0.794. The van der Waals surface area contributed by atoms with Gasteiger partial charge in [0.1, 0.15) is 5.82 Å². The highest BCUT2D eigenvalue weighted by molar-refractivity contribution is 5.24. The van der Waals surface area contributed by atoms with Crippen LogP contribution in [-0.2, 0) is 6.42 Å². The van der Waals surface area contributed by atoms with E-state index in [0.717, 1.165) is 23.7 Å². The fourth-order valence-corrected chi connectivity index (χ4v) is 4.91. The van der Waals surface area contributed by atoms with E-state index >= 15 is 0 Å². The van der Waals surface area contributed by atoms with Crippen LogP contribution >= 0.6 is 0 Å².